The lowest BCUT2D eigenvalue weighted by atomic mass is 10.4. The molecule has 0 aromatic rings. The summed E-state index contributed by atoms with van der Waals surface area (Å²) in [5.41, 5.74) is 5.17. The van der Waals surface area contributed by atoms with Crippen molar-refractivity contribution in [2.75, 3.05) is 26.4 Å². The number of nitrogens with two attached hydrogens (primary N) is 1. The first-order chi connectivity index (χ1) is 5.66. The maximum absolute atomic E-state index is 10.9. The highest BCUT2D eigenvalue weighted by molar-refractivity contribution is 5.80. The number of carbonyl (C=O) groups excluding carboxylic acids is 1. The normalized spacial score (nSPS) is 10.7. The molecule has 0 rings (SSSR count). The molecule has 0 aromatic heterocycles. The number of rotatable bonds is 7. The van der Waals surface area contributed by atoms with Gasteiger partial charge >= 0.3 is 0 Å². The molecule has 0 radical (unpaired) electrons. The molecule has 0 spiro atoms. The molecule has 0 atom stereocenters. The molecule has 0 unspecified atom stereocenters. The van der Waals surface area contributed by atoms with Crippen LogP contribution < -0.4 is 5.73 Å². The molecule has 0 fully saturated rings. The largest absolute Gasteiger partial charge is 0.372 e. The lowest BCUT2D eigenvalue weighted by Gasteiger charge is -2.06. The van der Waals surface area contributed by atoms with Gasteiger partial charge in [0.1, 0.15) is 13.2 Å². The lowest BCUT2D eigenvalue weighted by molar-refractivity contribution is -0.129. The minimum Gasteiger partial charge on any atom is -0.372 e. The first-order valence-electron chi connectivity index (χ1n) is 4.08. The summed E-state index contributed by atoms with van der Waals surface area (Å²) in [5.74, 6) is -0.0443. The van der Waals surface area contributed by atoms with E-state index in [0.717, 1.165) is 0 Å². The van der Waals surface area contributed by atoms with Crippen molar-refractivity contribution in [2.24, 2.45) is 5.73 Å². The molecule has 0 aliphatic rings. The topological polar surface area (TPSA) is 61.5 Å². The third-order valence-corrected chi connectivity index (χ3v) is 1.10. The minimum absolute atomic E-state index is 0.0443. The molecular formula is C8H17NO3. The zero-order valence-electron chi connectivity index (χ0n) is 7.71. The van der Waals surface area contributed by atoms with E-state index in [0.29, 0.717) is 13.2 Å². The summed E-state index contributed by atoms with van der Waals surface area (Å²) in [4.78, 5) is 10.9. The Morgan fingerprint density at radius 1 is 1.42 bits per heavy atom. The van der Waals surface area contributed by atoms with Crippen molar-refractivity contribution >= 4 is 5.78 Å². The highest BCUT2D eigenvalue weighted by atomic mass is 16.5. The molecule has 0 bridgehead atoms. The Morgan fingerprint density at radius 3 is 2.58 bits per heavy atom. The second-order valence-corrected chi connectivity index (χ2v) is 2.74. The minimum atomic E-state index is -0.0443. The monoisotopic (exact) mass is 175 g/mol. The van der Waals surface area contributed by atoms with Gasteiger partial charge in [-0.05, 0) is 13.8 Å². The van der Waals surface area contributed by atoms with Gasteiger partial charge < -0.3 is 15.2 Å². The molecular weight excluding hydrogens is 158 g/mol. The second-order valence-electron chi connectivity index (χ2n) is 2.74. The molecule has 0 aliphatic carbocycles. The Hall–Kier alpha value is -0.450. The Morgan fingerprint density at radius 2 is 2.08 bits per heavy atom. The van der Waals surface area contributed by atoms with Crippen LogP contribution in [-0.2, 0) is 14.3 Å². The predicted molar refractivity (Wildman–Crippen MR) is 46.0 cm³/mol. The fraction of sp³-hybridized carbons (Fsp3) is 0.875. The number of ether oxygens (including phenoxy) is 2. The Balaban J connectivity index is 3.22. The first-order valence-corrected chi connectivity index (χ1v) is 4.08. The van der Waals surface area contributed by atoms with Gasteiger partial charge in [-0.2, -0.15) is 0 Å². The number of carbonyl (C=O) groups is 1. The van der Waals surface area contributed by atoms with Crippen molar-refractivity contribution in [3.8, 4) is 0 Å². The molecule has 2 N–H and O–H groups in total. The molecule has 4 heteroatoms. The van der Waals surface area contributed by atoms with Crippen molar-refractivity contribution < 1.29 is 14.3 Å². The average Bonchev–Trinajstić information content (AvgIpc) is 2.01. The second kappa shape index (κ2) is 7.21. The highest BCUT2D eigenvalue weighted by Gasteiger charge is 2.02. The Labute approximate surface area is 73.0 Å². The summed E-state index contributed by atoms with van der Waals surface area (Å²) in [5, 5.41) is 0. The van der Waals surface area contributed by atoms with Crippen molar-refractivity contribution in [2.45, 2.75) is 20.0 Å². The van der Waals surface area contributed by atoms with Gasteiger partial charge in [0.15, 0.2) is 5.78 Å². The fourth-order valence-electron chi connectivity index (χ4n) is 0.571. The van der Waals surface area contributed by atoms with E-state index in [1.165, 1.54) is 0 Å². The Bertz CT molecular complexity index is 125. The molecule has 0 saturated carbocycles. The van der Waals surface area contributed by atoms with Crippen molar-refractivity contribution in [3.63, 3.8) is 0 Å². The van der Waals surface area contributed by atoms with Gasteiger partial charge in [0, 0.05) is 6.54 Å². The molecule has 4 nitrogen and oxygen atoms in total. The summed E-state index contributed by atoms with van der Waals surface area (Å²) in [7, 11) is 0. The van der Waals surface area contributed by atoms with E-state index in [9.17, 15) is 4.79 Å². The van der Waals surface area contributed by atoms with Crippen LogP contribution in [0, 0.1) is 0 Å². The van der Waals surface area contributed by atoms with E-state index in [-0.39, 0.29) is 25.1 Å². The average molecular weight is 175 g/mol. The molecule has 0 amide bonds. The van der Waals surface area contributed by atoms with Crippen LogP contribution in [-0.4, -0.2) is 38.3 Å². The summed E-state index contributed by atoms with van der Waals surface area (Å²) in [6.07, 6.45) is 0.0865. The molecule has 12 heavy (non-hydrogen) atoms. The van der Waals surface area contributed by atoms with Crippen LogP contribution in [0.3, 0.4) is 0 Å². The third-order valence-electron chi connectivity index (χ3n) is 1.10. The first kappa shape index (κ1) is 11.6. The highest BCUT2D eigenvalue weighted by Crippen LogP contribution is 1.88. The van der Waals surface area contributed by atoms with E-state index in [1.807, 2.05) is 13.8 Å². The van der Waals surface area contributed by atoms with Crippen LogP contribution in [0.4, 0.5) is 0 Å². The Kier molecular flexibility index (Phi) is 6.94. The van der Waals surface area contributed by atoms with Crippen molar-refractivity contribution in [3.05, 3.63) is 0 Å². The van der Waals surface area contributed by atoms with E-state index in [4.69, 9.17) is 15.2 Å². The van der Waals surface area contributed by atoms with Crippen LogP contribution in [0.25, 0.3) is 0 Å². The summed E-state index contributed by atoms with van der Waals surface area (Å²) >= 11 is 0. The number of hydrogen-bond donors (Lipinski definition) is 1. The molecule has 0 heterocycles. The number of hydrogen-bond acceptors (Lipinski definition) is 4. The van der Waals surface area contributed by atoms with Crippen LogP contribution in [0.1, 0.15) is 13.8 Å². The third kappa shape index (κ3) is 7.65. The van der Waals surface area contributed by atoms with Gasteiger partial charge in [-0.1, -0.05) is 0 Å². The SMILES string of the molecule is CC(C)OCC(=O)COCCN. The van der Waals surface area contributed by atoms with Crippen LogP contribution in [0.5, 0.6) is 0 Å². The zero-order valence-corrected chi connectivity index (χ0v) is 7.71. The zero-order chi connectivity index (χ0) is 9.40. The fourth-order valence-corrected chi connectivity index (χ4v) is 0.571. The molecule has 0 saturated heterocycles. The molecule has 72 valence electrons. The summed E-state index contributed by atoms with van der Waals surface area (Å²) in [6, 6.07) is 0. The van der Waals surface area contributed by atoms with E-state index in [2.05, 4.69) is 0 Å². The lowest BCUT2D eigenvalue weighted by Crippen LogP contribution is -2.20. The van der Waals surface area contributed by atoms with Gasteiger partial charge in [0.2, 0.25) is 0 Å². The van der Waals surface area contributed by atoms with E-state index >= 15 is 0 Å². The van der Waals surface area contributed by atoms with E-state index < -0.39 is 0 Å². The van der Waals surface area contributed by atoms with Crippen LogP contribution in [0.15, 0.2) is 0 Å². The number of Topliss-reactive ketones (excluding diaryl/α,β-unsaturated/α-hetero) is 1. The van der Waals surface area contributed by atoms with Crippen molar-refractivity contribution in [1.29, 1.82) is 0 Å². The predicted octanol–water partition coefficient (Wildman–Crippen LogP) is -0.0442. The van der Waals surface area contributed by atoms with Crippen LogP contribution in [0.2, 0.25) is 0 Å². The maximum atomic E-state index is 10.9. The van der Waals surface area contributed by atoms with Gasteiger partial charge in [-0.25, -0.2) is 0 Å². The van der Waals surface area contributed by atoms with Crippen LogP contribution >= 0.6 is 0 Å². The molecule has 0 aliphatic heterocycles. The van der Waals surface area contributed by atoms with Gasteiger partial charge in [-0.15, -0.1) is 0 Å². The van der Waals surface area contributed by atoms with E-state index in [1.54, 1.807) is 0 Å². The summed E-state index contributed by atoms with van der Waals surface area (Å²) in [6.45, 7) is 4.86. The van der Waals surface area contributed by atoms with Crippen molar-refractivity contribution in [1.82, 2.24) is 0 Å². The van der Waals surface area contributed by atoms with Gasteiger partial charge in [0.05, 0.1) is 12.7 Å². The smallest absolute Gasteiger partial charge is 0.183 e. The summed E-state index contributed by atoms with van der Waals surface area (Å²) < 4.78 is 10.00. The molecule has 0 aromatic carbocycles. The number of ketones is 1. The van der Waals surface area contributed by atoms with Gasteiger partial charge in [0.25, 0.3) is 0 Å². The maximum Gasteiger partial charge on any atom is 0.183 e. The standard InChI is InChI=1S/C8H17NO3/c1-7(2)12-6-8(10)5-11-4-3-9/h7H,3-6,9H2,1-2H3. The quantitative estimate of drug-likeness (QED) is 0.551. The van der Waals surface area contributed by atoms with Gasteiger partial charge in [-0.3, -0.25) is 4.79 Å².